The molecule has 0 spiro atoms. The summed E-state index contributed by atoms with van der Waals surface area (Å²) in [6, 6.07) is 21.8. The van der Waals surface area contributed by atoms with E-state index in [-0.39, 0.29) is 5.88 Å². The van der Waals surface area contributed by atoms with Gasteiger partial charge in [-0.2, -0.15) is 0 Å². The van der Waals surface area contributed by atoms with Crippen molar-refractivity contribution in [2.75, 3.05) is 5.73 Å². The van der Waals surface area contributed by atoms with Gasteiger partial charge in [0.15, 0.2) is 5.88 Å². The lowest BCUT2D eigenvalue weighted by Gasteiger charge is -2.08. The maximum atomic E-state index is 11.5. The molecule has 3 aromatic carbocycles. The van der Waals surface area contributed by atoms with Crippen LogP contribution in [0.1, 0.15) is 21.5 Å². The summed E-state index contributed by atoms with van der Waals surface area (Å²) in [5, 5.41) is 11.4. The zero-order valence-corrected chi connectivity index (χ0v) is 14.9. The Morgan fingerprint density at radius 2 is 1.64 bits per heavy atom. The topological polar surface area (TPSA) is 117 Å². The number of aromatic hydroxyl groups is 1. The van der Waals surface area contributed by atoms with Crippen molar-refractivity contribution in [1.82, 2.24) is 4.98 Å². The lowest BCUT2D eigenvalue weighted by atomic mass is 10.00. The van der Waals surface area contributed by atoms with E-state index in [0.29, 0.717) is 33.7 Å². The number of hydrogen-bond acceptors (Lipinski definition) is 4. The second-order valence-corrected chi connectivity index (χ2v) is 6.39. The highest BCUT2D eigenvalue weighted by Gasteiger charge is 2.19. The number of fused-ring (bicyclic) bond motifs is 1. The minimum Gasteiger partial charge on any atom is -0.494 e. The largest absolute Gasteiger partial charge is 0.494 e. The molecule has 6 nitrogen and oxygen atoms in total. The van der Waals surface area contributed by atoms with E-state index in [0.717, 1.165) is 10.9 Å². The van der Waals surface area contributed by atoms with Crippen molar-refractivity contribution in [3.63, 3.8) is 0 Å². The minimum atomic E-state index is -0.531. The van der Waals surface area contributed by atoms with Gasteiger partial charge >= 0.3 is 0 Å². The number of rotatable bonds is 4. The molecular weight excluding hydrogens is 352 g/mol. The number of nitrogen functional groups attached to an aromatic ring is 1. The molecule has 0 saturated heterocycles. The second kappa shape index (κ2) is 6.92. The van der Waals surface area contributed by atoms with Crippen LogP contribution in [0.15, 0.2) is 77.8 Å². The van der Waals surface area contributed by atoms with E-state index in [9.17, 15) is 9.90 Å². The smallest absolute Gasteiger partial charge is 0.248 e. The van der Waals surface area contributed by atoms with E-state index in [2.05, 4.69) is 4.98 Å². The molecule has 138 valence electrons. The van der Waals surface area contributed by atoms with Crippen LogP contribution in [0, 0.1) is 0 Å². The van der Waals surface area contributed by atoms with Gasteiger partial charge in [0.25, 0.3) is 0 Å². The molecule has 1 amide bonds. The second-order valence-electron chi connectivity index (χ2n) is 6.39. The molecule has 4 aromatic rings. The molecule has 28 heavy (non-hydrogen) atoms. The van der Waals surface area contributed by atoms with Crippen LogP contribution in [0.2, 0.25) is 0 Å². The van der Waals surface area contributed by atoms with Gasteiger partial charge in [0, 0.05) is 27.7 Å². The molecule has 0 fully saturated rings. The van der Waals surface area contributed by atoms with Crippen molar-refractivity contribution in [1.29, 1.82) is 0 Å². The van der Waals surface area contributed by atoms with E-state index in [4.69, 9.17) is 16.5 Å². The SMILES string of the molecule is NC(=O)c1ccc2c(C(=Nc3ccc(N)cc3)c3ccccc3)c(O)[nH]c2c1. The fourth-order valence-corrected chi connectivity index (χ4v) is 3.12. The molecule has 1 heterocycles. The molecule has 0 aliphatic carbocycles. The fourth-order valence-electron chi connectivity index (χ4n) is 3.12. The van der Waals surface area contributed by atoms with Gasteiger partial charge in [-0.3, -0.25) is 4.79 Å². The summed E-state index contributed by atoms with van der Waals surface area (Å²) >= 11 is 0. The Morgan fingerprint density at radius 3 is 2.32 bits per heavy atom. The highest BCUT2D eigenvalue weighted by Crippen LogP contribution is 2.32. The van der Waals surface area contributed by atoms with Crippen molar-refractivity contribution in [2.45, 2.75) is 0 Å². The van der Waals surface area contributed by atoms with Crippen LogP contribution < -0.4 is 11.5 Å². The molecule has 0 unspecified atom stereocenters. The lowest BCUT2D eigenvalue weighted by molar-refractivity contribution is 0.100. The molecule has 4 rings (SSSR count). The number of primary amides is 1. The number of hydrogen-bond donors (Lipinski definition) is 4. The Morgan fingerprint density at radius 1 is 0.929 bits per heavy atom. The first kappa shape index (κ1) is 17.4. The van der Waals surface area contributed by atoms with Gasteiger partial charge in [-0.1, -0.05) is 36.4 Å². The number of H-pyrrole nitrogens is 1. The molecule has 1 aromatic heterocycles. The number of nitrogens with one attached hydrogen (secondary N) is 1. The van der Waals surface area contributed by atoms with Crippen LogP contribution in [-0.2, 0) is 0 Å². The summed E-state index contributed by atoms with van der Waals surface area (Å²) < 4.78 is 0. The Labute approximate surface area is 161 Å². The first-order valence-corrected chi connectivity index (χ1v) is 8.67. The van der Waals surface area contributed by atoms with Gasteiger partial charge < -0.3 is 21.6 Å². The molecule has 6 N–H and O–H groups in total. The molecular formula is C22H18N4O2. The number of amides is 1. The highest BCUT2D eigenvalue weighted by atomic mass is 16.3. The summed E-state index contributed by atoms with van der Waals surface area (Å²) in [7, 11) is 0. The van der Waals surface area contributed by atoms with Gasteiger partial charge in [-0.25, -0.2) is 4.99 Å². The van der Waals surface area contributed by atoms with E-state index in [1.807, 2.05) is 42.5 Å². The molecule has 0 atom stereocenters. The van der Waals surface area contributed by atoms with Gasteiger partial charge in [-0.15, -0.1) is 0 Å². The summed E-state index contributed by atoms with van der Waals surface area (Å²) in [5.41, 5.74) is 15.4. The van der Waals surface area contributed by atoms with Crippen molar-refractivity contribution >= 4 is 33.9 Å². The van der Waals surface area contributed by atoms with Crippen LogP contribution in [0.4, 0.5) is 11.4 Å². The molecule has 6 heteroatoms. The van der Waals surface area contributed by atoms with Crippen LogP contribution in [0.3, 0.4) is 0 Å². The summed E-state index contributed by atoms with van der Waals surface area (Å²) in [6.45, 7) is 0. The third kappa shape index (κ3) is 3.19. The zero-order chi connectivity index (χ0) is 19.7. The average Bonchev–Trinajstić information content (AvgIpc) is 3.03. The molecule has 0 aliphatic rings. The first-order valence-electron chi connectivity index (χ1n) is 8.67. The van der Waals surface area contributed by atoms with Crippen molar-refractivity contribution in [2.24, 2.45) is 10.7 Å². The molecule has 0 aliphatic heterocycles. The van der Waals surface area contributed by atoms with E-state index < -0.39 is 5.91 Å². The predicted molar refractivity (Wildman–Crippen MR) is 111 cm³/mol. The number of aromatic nitrogens is 1. The third-order valence-electron chi connectivity index (χ3n) is 4.48. The van der Waals surface area contributed by atoms with Crippen LogP contribution in [-0.4, -0.2) is 21.7 Å². The summed E-state index contributed by atoms with van der Waals surface area (Å²) in [4.78, 5) is 19.2. The number of carbonyl (C=O) groups is 1. The summed E-state index contributed by atoms with van der Waals surface area (Å²) in [5.74, 6) is -0.564. The van der Waals surface area contributed by atoms with E-state index in [1.54, 1.807) is 30.3 Å². The highest BCUT2D eigenvalue weighted by molar-refractivity contribution is 6.22. The van der Waals surface area contributed by atoms with Crippen LogP contribution >= 0.6 is 0 Å². The number of nitrogens with two attached hydrogens (primary N) is 2. The van der Waals surface area contributed by atoms with Gasteiger partial charge in [0.2, 0.25) is 5.91 Å². The molecule has 0 saturated carbocycles. The average molecular weight is 370 g/mol. The van der Waals surface area contributed by atoms with Crippen LogP contribution in [0.25, 0.3) is 10.9 Å². The Balaban J connectivity index is 1.96. The monoisotopic (exact) mass is 370 g/mol. The van der Waals surface area contributed by atoms with Crippen LogP contribution in [0.5, 0.6) is 5.88 Å². The zero-order valence-electron chi connectivity index (χ0n) is 14.9. The number of anilines is 1. The van der Waals surface area contributed by atoms with E-state index in [1.165, 1.54) is 0 Å². The van der Waals surface area contributed by atoms with Crippen molar-refractivity contribution < 1.29 is 9.90 Å². The predicted octanol–water partition coefficient (Wildman–Crippen LogP) is 3.72. The lowest BCUT2D eigenvalue weighted by Crippen LogP contribution is -2.10. The van der Waals surface area contributed by atoms with Crippen molar-refractivity contribution in [3.8, 4) is 5.88 Å². The Kier molecular flexibility index (Phi) is 4.29. The molecule has 0 radical (unpaired) electrons. The normalized spacial score (nSPS) is 11.6. The summed E-state index contributed by atoms with van der Waals surface area (Å²) in [6.07, 6.45) is 0. The van der Waals surface area contributed by atoms with E-state index >= 15 is 0 Å². The number of aliphatic imine (C=N–C) groups is 1. The number of nitrogens with zero attached hydrogens (tertiary/aromatic N) is 1. The quantitative estimate of drug-likeness (QED) is 0.324. The fraction of sp³-hybridized carbons (Fsp3) is 0. The number of benzene rings is 3. The van der Waals surface area contributed by atoms with Gasteiger partial charge in [-0.05, 0) is 36.4 Å². The van der Waals surface area contributed by atoms with Gasteiger partial charge in [0.1, 0.15) is 0 Å². The minimum absolute atomic E-state index is 0.0327. The number of carbonyl (C=O) groups excluding carboxylic acids is 1. The number of aromatic amines is 1. The van der Waals surface area contributed by atoms with Gasteiger partial charge in [0.05, 0.1) is 17.0 Å². The maximum absolute atomic E-state index is 11.5. The Bertz CT molecular complexity index is 1190. The maximum Gasteiger partial charge on any atom is 0.248 e. The first-order chi connectivity index (χ1) is 13.5. The molecule has 0 bridgehead atoms. The van der Waals surface area contributed by atoms with Crippen molar-refractivity contribution in [3.05, 3.63) is 89.5 Å². The standard InChI is InChI=1S/C22H18N4O2/c23-15-7-9-16(10-8-15)25-20(13-4-2-1-3-5-13)19-17-11-6-14(21(24)27)12-18(17)26-22(19)28/h1-12,26,28H,23H2,(H2,24,27). The third-order valence-corrected chi connectivity index (χ3v) is 4.48. The Hall–Kier alpha value is -4.06.